The quantitative estimate of drug-likeness (QED) is 0.796. The number of carbonyl (C=O) groups is 1. The lowest BCUT2D eigenvalue weighted by Crippen LogP contribution is -2.40. The van der Waals surface area contributed by atoms with Gasteiger partial charge >= 0.3 is 0 Å². The summed E-state index contributed by atoms with van der Waals surface area (Å²) in [5.41, 5.74) is 0.612. The zero-order valence-electron chi connectivity index (χ0n) is 11.5. The number of ketones is 1. The molecule has 1 aromatic rings. The molecule has 5 heteroatoms. The van der Waals surface area contributed by atoms with Gasteiger partial charge in [-0.25, -0.2) is 4.98 Å². The average molecular weight is 279 g/mol. The van der Waals surface area contributed by atoms with Gasteiger partial charge in [0.15, 0.2) is 10.9 Å². The first-order valence-electron chi connectivity index (χ1n) is 7.19. The van der Waals surface area contributed by atoms with Gasteiger partial charge in [-0.3, -0.25) is 9.69 Å². The molecule has 0 radical (unpaired) electrons. The number of thiazole rings is 1. The highest BCUT2D eigenvalue weighted by molar-refractivity contribution is 7.13. The SMILES string of the molecule is CC(=O)c1csc(N2CCC(N3CCCCC3)C2)n1. The maximum Gasteiger partial charge on any atom is 0.186 e. The summed E-state index contributed by atoms with van der Waals surface area (Å²) in [6.07, 6.45) is 5.32. The molecule has 0 bridgehead atoms. The normalized spacial score (nSPS) is 24.9. The van der Waals surface area contributed by atoms with Crippen LogP contribution in [0, 0.1) is 0 Å². The molecule has 0 aliphatic carbocycles. The monoisotopic (exact) mass is 279 g/mol. The van der Waals surface area contributed by atoms with E-state index in [-0.39, 0.29) is 5.78 Å². The van der Waals surface area contributed by atoms with Gasteiger partial charge in [0.05, 0.1) is 0 Å². The van der Waals surface area contributed by atoms with Crippen molar-refractivity contribution >= 4 is 22.3 Å². The molecule has 0 amide bonds. The maximum absolute atomic E-state index is 11.3. The number of nitrogens with zero attached hydrogens (tertiary/aromatic N) is 3. The van der Waals surface area contributed by atoms with Crippen LogP contribution < -0.4 is 4.90 Å². The van der Waals surface area contributed by atoms with Crippen LogP contribution in [0.15, 0.2) is 5.38 Å². The van der Waals surface area contributed by atoms with Crippen molar-refractivity contribution in [3.05, 3.63) is 11.1 Å². The number of rotatable bonds is 3. The fourth-order valence-electron chi connectivity index (χ4n) is 3.07. The van der Waals surface area contributed by atoms with Crippen molar-refractivity contribution in [1.82, 2.24) is 9.88 Å². The molecule has 1 aromatic heterocycles. The van der Waals surface area contributed by atoms with Gasteiger partial charge in [0.25, 0.3) is 0 Å². The molecule has 2 saturated heterocycles. The van der Waals surface area contributed by atoms with Crippen molar-refractivity contribution in [2.75, 3.05) is 31.1 Å². The molecule has 104 valence electrons. The summed E-state index contributed by atoms with van der Waals surface area (Å²) >= 11 is 1.60. The van der Waals surface area contributed by atoms with Gasteiger partial charge in [0.1, 0.15) is 5.69 Å². The van der Waals surface area contributed by atoms with Crippen LogP contribution in [-0.4, -0.2) is 47.9 Å². The summed E-state index contributed by atoms with van der Waals surface area (Å²) in [6.45, 7) is 6.25. The smallest absolute Gasteiger partial charge is 0.186 e. The summed E-state index contributed by atoms with van der Waals surface area (Å²) in [4.78, 5) is 20.7. The Labute approximate surface area is 118 Å². The predicted octanol–water partition coefficient (Wildman–Crippen LogP) is 2.41. The number of anilines is 1. The zero-order chi connectivity index (χ0) is 13.2. The van der Waals surface area contributed by atoms with Crippen molar-refractivity contribution in [1.29, 1.82) is 0 Å². The zero-order valence-corrected chi connectivity index (χ0v) is 12.3. The number of hydrogen-bond acceptors (Lipinski definition) is 5. The van der Waals surface area contributed by atoms with E-state index >= 15 is 0 Å². The Morgan fingerprint density at radius 3 is 2.79 bits per heavy atom. The van der Waals surface area contributed by atoms with E-state index in [1.807, 2.05) is 5.38 Å². The highest BCUT2D eigenvalue weighted by Gasteiger charge is 2.29. The topological polar surface area (TPSA) is 36.4 Å². The van der Waals surface area contributed by atoms with E-state index in [0.717, 1.165) is 18.2 Å². The van der Waals surface area contributed by atoms with Gasteiger partial charge in [-0.05, 0) is 32.4 Å². The minimum absolute atomic E-state index is 0.0641. The van der Waals surface area contributed by atoms with Crippen molar-refractivity contribution in [2.24, 2.45) is 0 Å². The summed E-state index contributed by atoms with van der Waals surface area (Å²) in [7, 11) is 0. The molecular formula is C14H21N3OS. The first kappa shape index (κ1) is 13.1. The third-order valence-corrected chi connectivity index (χ3v) is 5.10. The number of aromatic nitrogens is 1. The Hall–Kier alpha value is -0.940. The number of carbonyl (C=O) groups excluding carboxylic acids is 1. The number of likely N-dealkylation sites (tertiary alicyclic amines) is 1. The van der Waals surface area contributed by atoms with Gasteiger partial charge in [0.2, 0.25) is 0 Å². The number of piperidine rings is 1. The second-order valence-corrected chi connectivity index (χ2v) is 6.39. The van der Waals surface area contributed by atoms with Gasteiger partial charge in [0, 0.05) is 31.4 Å². The van der Waals surface area contributed by atoms with Crippen LogP contribution in [0.2, 0.25) is 0 Å². The van der Waals surface area contributed by atoms with Crippen LogP contribution in [0.3, 0.4) is 0 Å². The molecule has 3 heterocycles. The molecule has 0 saturated carbocycles. The lowest BCUT2D eigenvalue weighted by molar-refractivity contribution is 0.101. The van der Waals surface area contributed by atoms with E-state index < -0.39 is 0 Å². The highest BCUT2D eigenvalue weighted by Crippen LogP contribution is 2.27. The molecule has 0 spiro atoms. The third kappa shape index (κ3) is 2.82. The van der Waals surface area contributed by atoms with Gasteiger partial charge in [-0.2, -0.15) is 0 Å². The molecule has 1 atom stereocenters. The molecule has 1 unspecified atom stereocenters. The van der Waals surface area contributed by atoms with E-state index in [2.05, 4.69) is 14.8 Å². The van der Waals surface area contributed by atoms with Gasteiger partial charge in [-0.1, -0.05) is 6.42 Å². The summed E-state index contributed by atoms with van der Waals surface area (Å²) in [5, 5.41) is 2.90. The van der Waals surface area contributed by atoms with Crippen LogP contribution in [0.1, 0.15) is 43.1 Å². The molecule has 2 aliphatic heterocycles. The fraction of sp³-hybridized carbons (Fsp3) is 0.714. The molecule has 0 N–H and O–H groups in total. The maximum atomic E-state index is 11.3. The standard InChI is InChI=1S/C14H21N3OS/c1-11(18)13-10-19-14(15-13)17-8-5-12(9-17)16-6-3-2-4-7-16/h10,12H,2-9H2,1H3. The van der Waals surface area contributed by atoms with Crippen LogP contribution >= 0.6 is 11.3 Å². The molecule has 19 heavy (non-hydrogen) atoms. The molecule has 2 aliphatic rings. The first-order chi connectivity index (χ1) is 9.24. The van der Waals surface area contributed by atoms with E-state index in [4.69, 9.17) is 0 Å². The number of hydrogen-bond donors (Lipinski definition) is 0. The van der Waals surface area contributed by atoms with Crippen molar-refractivity contribution in [3.8, 4) is 0 Å². The summed E-state index contributed by atoms with van der Waals surface area (Å²) in [6, 6.07) is 0.685. The van der Waals surface area contributed by atoms with E-state index in [1.54, 1.807) is 18.3 Å². The molecular weight excluding hydrogens is 258 g/mol. The van der Waals surface area contributed by atoms with Crippen LogP contribution in [0.5, 0.6) is 0 Å². The average Bonchev–Trinajstić information content (AvgIpc) is 3.09. The Kier molecular flexibility index (Phi) is 3.84. The Bertz CT molecular complexity index is 453. The van der Waals surface area contributed by atoms with Crippen LogP contribution in [0.25, 0.3) is 0 Å². The second kappa shape index (κ2) is 5.59. The highest BCUT2D eigenvalue weighted by atomic mass is 32.1. The largest absolute Gasteiger partial charge is 0.346 e. The van der Waals surface area contributed by atoms with Crippen molar-refractivity contribution < 1.29 is 4.79 Å². The van der Waals surface area contributed by atoms with Gasteiger partial charge < -0.3 is 4.90 Å². The predicted molar refractivity (Wildman–Crippen MR) is 78.2 cm³/mol. The Morgan fingerprint density at radius 1 is 1.32 bits per heavy atom. The Balaban J connectivity index is 1.62. The van der Waals surface area contributed by atoms with Gasteiger partial charge in [-0.15, -0.1) is 11.3 Å². The third-order valence-electron chi connectivity index (χ3n) is 4.19. The van der Waals surface area contributed by atoms with Crippen LogP contribution in [0.4, 0.5) is 5.13 Å². The fourth-order valence-corrected chi connectivity index (χ4v) is 3.97. The lowest BCUT2D eigenvalue weighted by atomic mass is 10.1. The molecule has 3 rings (SSSR count). The summed E-state index contributed by atoms with van der Waals surface area (Å²) < 4.78 is 0. The molecule has 4 nitrogen and oxygen atoms in total. The minimum atomic E-state index is 0.0641. The first-order valence-corrected chi connectivity index (χ1v) is 8.07. The van der Waals surface area contributed by atoms with E-state index in [9.17, 15) is 4.79 Å². The van der Waals surface area contributed by atoms with E-state index in [1.165, 1.54) is 38.8 Å². The minimum Gasteiger partial charge on any atom is -0.346 e. The van der Waals surface area contributed by atoms with E-state index in [0.29, 0.717) is 11.7 Å². The van der Waals surface area contributed by atoms with Crippen LogP contribution in [-0.2, 0) is 0 Å². The van der Waals surface area contributed by atoms with Crippen molar-refractivity contribution in [3.63, 3.8) is 0 Å². The molecule has 2 fully saturated rings. The van der Waals surface area contributed by atoms with Crippen molar-refractivity contribution in [2.45, 2.75) is 38.6 Å². The lowest BCUT2D eigenvalue weighted by Gasteiger charge is -2.32. The number of Topliss-reactive ketones (excluding diaryl/α,β-unsaturated/α-hetero) is 1. The Morgan fingerprint density at radius 2 is 2.11 bits per heavy atom. The summed E-state index contributed by atoms with van der Waals surface area (Å²) in [5.74, 6) is 0.0641. The second-order valence-electron chi connectivity index (χ2n) is 5.56. The molecule has 0 aromatic carbocycles.